The number of pyridine rings is 1. The average molecular weight is 351 g/mol. The molecule has 0 unspecified atom stereocenters. The second-order valence-corrected chi connectivity index (χ2v) is 5.83. The normalized spacial score (nSPS) is 11.7. The first kappa shape index (κ1) is 16.4. The maximum Gasteiger partial charge on any atom is 0.433 e. The molecule has 0 aliphatic carbocycles. The topological polar surface area (TPSA) is 67.3 Å². The van der Waals surface area contributed by atoms with E-state index < -0.39 is 11.9 Å². The van der Waals surface area contributed by atoms with Gasteiger partial charge in [0.1, 0.15) is 10.7 Å². The van der Waals surface area contributed by atoms with E-state index in [-0.39, 0.29) is 10.9 Å². The molecule has 0 aromatic carbocycles. The van der Waals surface area contributed by atoms with Gasteiger partial charge in [0.15, 0.2) is 11.0 Å². The molecule has 3 heterocycles. The van der Waals surface area contributed by atoms with Crippen LogP contribution in [-0.2, 0) is 12.6 Å². The molecule has 3 aromatic heterocycles. The zero-order chi connectivity index (χ0) is 17.2. The van der Waals surface area contributed by atoms with Gasteiger partial charge in [-0.1, -0.05) is 6.92 Å². The molecular formula is C15H12F3N5S. The van der Waals surface area contributed by atoms with E-state index in [0.717, 1.165) is 29.9 Å². The fraction of sp³-hybridized carbons (Fsp3) is 0.200. The van der Waals surface area contributed by atoms with E-state index in [4.69, 9.17) is 0 Å². The van der Waals surface area contributed by atoms with Crippen molar-refractivity contribution < 1.29 is 13.2 Å². The summed E-state index contributed by atoms with van der Waals surface area (Å²) in [5.74, 6) is -0.00278. The van der Waals surface area contributed by atoms with Crippen LogP contribution in [0.4, 0.5) is 13.2 Å². The number of halogens is 3. The number of aromatic nitrogens is 5. The van der Waals surface area contributed by atoms with Gasteiger partial charge in [0, 0.05) is 35.9 Å². The van der Waals surface area contributed by atoms with Crippen molar-refractivity contribution in [1.82, 2.24) is 24.9 Å². The smallest absolute Gasteiger partial charge is 0.337 e. The summed E-state index contributed by atoms with van der Waals surface area (Å²) in [5.41, 5.74) is 0.373. The van der Waals surface area contributed by atoms with Gasteiger partial charge in [0.2, 0.25) is 0 Å². The highest BCUT2D eigenvalue weighted by atomic mass is 32.2. The first-order chi connectivity index (χ1) is 11.5. The molecule has 0 saturated carbocycles. The first-order valence-corrected chi connectivity index (χ1v) is 7.86. The Hall–Kier alpha value is -2.42. The number of rotatable bonds is 4. The predicted molar refractivity (Wildman–Crippen MR) is 82.4 cm³/mol. The van der Waals surface area contributed by atoms with Gasteiger partial charge in [0.05, 0.1) is 0 Å². The Labute approximate surface area is 139 Å². The molecule has 0 spiro atoms. The van der Waals surface area contributed by atoms with E-state index in [1.807, 2.05) is 6.92 Å². The SMILES string of the molecule is CCc1cnc(Sc2cc(C(F)(F)F)nc(-c3ccncc3)n2)[nH]1. The molecule has 124 valence electrons. The highest BCUT2D eigenvalue weighted by molar-refractivity contribution is 7.99. The van der Waals surface area contributed by atoms with Gasteiger partial charge in [0.25, 0.3) is 0 Å². The lowest BCUT2D eigenvalue weighted by Crippen LogP contribution is -2.10. The molecule has 0 amide bonds. The molecule has 0 aliphatic heterocycles. The summed E-state index contributed by atoms with van der Waals surface area (Å²) in [7, 11) is 0. The number of nitrogens with zero attached hydrogens (tertiary/aromatic N) is 4. The van der Waals surface area contributed by atoms with Crippen molar-refractivity contribution >= 4 is 11.8 Å². The average Bonchev–Trinajstić information content (AvgIpc) is 3.02. The minimum absolute atomic E-state index is 0.00278. The van der Waals surface area contributed by atoms with Crippen LogP contribution < -0.4 is 0 Å². The van der Waals surface area contributed by atoms with Crippen LogP contribution in [0.25, 0.3) is 11.4 Å². The lowest BCUT2D eigenvalue weighted by molar-refractivity contribution is -0.141. The molecule has 9 heteroatoms. The Morgan fingerprint density at radius 2 is 1.92 bits per heavy atom. The number of imidazole rings is 1. The molecule has 1 N–H and O–H groups in total. The van der Waals surface area contributed by atoms with Crippen molar-refractivity contribution in [1.29, 1.82) is 0 Å². The maximum atomic E-state index is 13.1. The summed E-state index contributed by atoms with van der Waals surface area (Å²) in [6.45, 7) is 1.95. The van der Waals surface area contributed by atoms with E-state index in [1.165, 1.54) is 12.4 Å². The molecule has 0 saturated heterocycles. The summed E-state index contributed by atoms with van der Waals surface area (Å²) >= 11 is 1.03. The third-order valence-electron chi connectivity index (χ3n) is 3.12. The minimum Gasteiger partial charge on any atom is -0.337 e. The van der Waals surface area contributed by atoms with Crippen LogP contribution in [0, 0.1) is 0 Å². The molecule has 3 aromatic rings. The number of hydrogen-bond donors (Lipinski definition) is 1. The molecule has 3 rings (SSSR count). The summed E-state index contributed by atoms with van der Waals surface area (Å²) in [4.78, 5) is 18.8. The quantitative estimate of drug-likeness (QED) is 0.720. The predicted octanol–water partition coefficient (Wildman–Crippen LogP) is 3.99. The van der Waals surface area contributed by atoms with Crippen molar-refractivity contribution in [2.75, 3.05) is 0 Å². The Morgan fingerprint density at radius 3 is 2.54 bits per heavy atom. The number of aryl methyl sites for hydroxylation is 1. The van der Waals surface area contributed by atoms with Crippen LogP contribution >= 0.6 is 11.8 Å². The highest BCUT2D eigenvalue weighted by Gasteiger charge is 2.34. The summed E-state index contributed by atoms with van der Waals surface area (Å²) in [6.07, 6.45) is 0.806. The molecule has 24 heavy (non-hydrogen) atoms. The second kappa shape index (κ2) is 6.60. The molecule has 0 fully saturated rings. The zero-order valence-electron chi connectivity index (χ0n) is 12.5. The van der Waals surface area contributed by atoms with Gasteiger partial charge in [-0.2, -0.15) is 13.2 Å². The number of nitrogens with one attached hydrogen (secondary N) is 1. The van der Waals surface area contributed by atoms with E-state index in [1.54, 1.807) is 18.3 Å². The van der Waals surface area contributed by atoms with Gasteiger partial charge in [-0.25, -0.2) is 15.0 Å². The van der Waals surface area contributed by atoms with Gasteiger partial charge >= 0.3 is 6.18 Å². The molecule has 0 radical (unpaired) electrons. The van der Waals surface area contributed by atoms with Crippen molar-refractivity contribution in [3.8, 4) is 11.4 Å². The van der Waals surface area contributed by atoms with E-state index in [2.05, 4.69) is 24.9 Å². The number of alkyl halides is 3. The highest BCUT2D eigenvalue weighted by Crippen LogP contribution is 2.33. The van der Waals surface area contributed by atoms with Gasteiger partial charge in [-0.3, -0.25) is 4.98 Å². The lowest BCUT2D eigenvalue weighted by Gasteiger charge is -2.09. The standard InChI is InChI=1S/C15H12F3N5S/c1-2-10-8-20-14(21-10)24-12-7-11(15(16,17)18)22-13(23-12)9-3-5-19-6-4-9/h3-8H,2H2,1H3,(H,20,21). The molecular weight excluding hydrogens is 339 g/mol. The summed E-state index contributed by atoms with van der Waals surface area (Å²) < 4.78 is 39.4. The fourth-order valence-corrected chi connectivity index (χ4v) is 2.71. The molecule has 0 bridgehead atoms. The first-order valence-electron chi connectivity index (χ1n) is 7.04. The van der Waals surface area contributed by atoms with E-state index in [0.29, 0.717) is 10.7 Å². The van der Waals surface area contributed by atoms with Crippen molar-refractivity contribution in [2.24, 2.45) is 0 Å². The maximum absolute atomic E-state index is 13.1. The fourth-order valence-electron chi connectivity index (χ4n) is 1.92. The van der Waals surface area contributed by atoms with Crippen LogP contribution in [0.2, 0.25) is 0 Å². The Bertz CT molecular complexity index is 833. The Morgan fingerprint density at radius 1 is 1.17 bits per heavy atom. The monoisotopic (exact) mass is 351 g/mol. The lowest BCUT2D eigenvalue weighted by atomic mass is 10.2. The summed E-state index contributed by atoms with van der Waals surface area (Å²) in [5, 5.41) is 0.653. The van der Waals surface area contributed by atoms with Crippen LogP contribution in [0.1, 0.15) is 18.3 Å². The number of hydrogen-bond acceptors (Lipinski definition) is 5. The van der Waals surface area contributed by atoms with Crippen LogP contribution in [-0.4, -0.2) is 24.9 Å². The van der Waals surface area contributed by atoms with Gasteiger partial charge < -0.3 is 4.98 Å². The van der Waals surface area contributed by atoms with E-state index >= 15 is 0 Å². The molecule has 0 atom stereocenters. The zero-order valence-corrected chi connectivity index (χ0v) is 13.3. The largest absolute Gasteiger partial charge is 0.433 e. The second-order valence-electron chi connectivity index (χ2n) is 4.82. The van der Waals surface area contributed by atoms with Gasteiger partial charge in [-0.05, 0) is 30.3 Å². The molecule has 0 aliphatic rings. The van der Waals surface area contributed by atoms with Crippen molar-refractivity contribution in [2.45, 2.75) is 29.7 Å². The van der Waals surface area contributed by atoms with E-state index in [9.17, 15) is 13.2 Å². The van der Waals surface area contributed by atoms with Crippen molar-refractivity contribution in [3.63, 3.8) is 0 Å². The third-order valence-corrected chi connectivity index (χ3v) is 3.94. The third kappa shape index (κ3) is 3.73. The molecule has 5 nitrogen and oxygen atoms in total. The van der Waals surface area contributed by atoms with Crippen LogP contribution in [0.5, 0.6) is 0 Å². The minimum atomic E-state index is -4.56. The number of aromatic amines is 1. The van der Waals surface area contributed by atoms with Crippen molar-refractivity contribution in [3.05, 3.63) is 48.2 Å². The van der Waals surface area contributed by atoms with Crippen LogP contribution in [0.3, 0.4) is 0 Å². The number of H-pyrrole nitrogens is 1. The van der Waals surface area contributed by atoms with Gasteiger partial charge in [-0.15, -0.1) is 0 Å². The summed E-state index contributed by atoms with van der Waals surface area (Å²) in [6, 6.07) is 4.04. The Balaban J connectivity index is 2.01. The van der Waals surface area contributed by atoms with Crippen LogP contribution in [0.15, 0.2) is 47.0 Å². The Kier molecular flexibility index (Phi) is 4.52.